The minimum absolute atomic E-state index is 0.265. The largest absolute Gasteiger partial charge is 0.449 e. The van der Waals surface area contributed by atoms with Crippen molar-refractivity contribution in [3.8, 4) is 12.1 Å². The van der Waals surface area contributed by atoms with Crippen LogP contribution in [0.3, 0.4) is 0 Å². The highest BCUT2D eigenvalue weighted by Crippen LogP contribution is 2.27. The van der Waals surface area contributed by atoms with Crippen LogP contribution in [0.25, 0.3) is 0 Å². The number of hydrogen-bond donors (Lipinski definition) is 1. The van der Waals surface area contributed by atoms with Gasteiger partial charge in [-0.05, 0) is 44.0 Å². The first-order valence-electron chi connectivity index (χ1n) is 7.94. The summed E-state index contributed by atoms with van der Waals surface area (Å²) in [6, 6.07) is 10.1. The Morgan fingerprint density at radius 3 is 2.33 bits per heavy atom. The van der Waals surface area contributed by atoms with E-state index in [0.717, 1.165) is 19.3 Å². The van der Waals surface area contributed by atoms with E-state index in [9.17, 15) is 14.9 Å². The van der Waals surface area contributed by atoms with Crippen LogP contribution in [0, 0.1) is 22.7 Å². The Morgan fingerprint density at radius 2 is 1.79 bits per heavy atom. The van der Waals surface area contributed by atoms with E-state index < -0.39 is 23.5 Å². The van der Waals surface area contributed by atoms with Crippen LogP contribution < -0.4 is 5.32 Å². The maximum absolute atomic E-state index is 12.3. The Labute approximate surface area is 141 Å². The average molecular weight is 325 g/mol. The molecule has 1 saturated carbocycles. The van der Waals surface area contributed by atoms with Crippen molar-refractivity contribution in [1.82, 2.24) is 5.32 Å². The van der Waals surface area contributed by atoms with Crippen LogP contribution in [0.4, 0.5) is 0 Å². The molecule has 124 valence electrons. The van der Waals surface area contributed by atoms with Gasteiger partial charge in [0, 0.05) is 0 Å². The van der Waals surface area contributed by atoms with Crippen molar-refractivity contribution in [3.05, 3.63) is 35.4 Å². The lowest BCUT2D eigenvalue weighted by molar-refractivity contribution is -0.130. The number of ether oxygens (including phenoxy) is 1. The number of nitrogens with one attached hydrogen (secondary N) is 1. The van der Waals surface area contributed by atoms with Crippen LogP contribution in [-0.2, 0) is 9.53 Å². The maximum atomic E-state index is 12.3. The lowest BCUT2D eigenvalue weighted by Gasteiger charge is -2.32. The van der Waals surface area contributed by atoms with Gasteiger partial charge in [0.15, 0.2) is 6.10 Å². The number of benzene rings is 1. The van der Waals surface area contributed by atoms with Crippen LogP contribution in [0.1, 0.15) is 54.9 Å². The number of carbonyl (C=O) groups is 2. The number of esters is 1. The molecule has 0 unspecified atom stereocenters. The standard InChI is InChI=1S/C18H19N3O3/c1-13(16(22)21-18(12-20)9-3-2-4-10-18)24-17(23)15-7-5-14(11-19)6-8-15/h5-8,13H,2-4,9-10H2,1H3,(H,21,22)/t13-/m1/s1. The van der Waals surface area contributed by atoms with Gasteiger partial charge >= 0.3 is 5.97 Å². The van der Waals surface area contributed by atoms with Crippen molar-refractivity contribution >= 4 is 11.9 Å². The Hall–Kier alpha value is -2.86. The van der Waals surface area contributed by atoms with E-state index in [1.807, 2.05) is 6.07 Å². The zero-order valence-electron chi connectivity index (χ0n) is 13.5. The highest BCUT2D eigenvalue weighted by Gasteiger charge is 2.35. The minimum Gasteiger partial charge on any atom is -0.449 e. The molecule has 0 aliphatic heterocycles. The van der Waals surface area contributed by atoms with Gasteiger partial charge < -0.3 is 10.1 Å². The predicted octanol–water partition coefficient (Wildman–Crippen LogP) is 2.45. The van der Waals surface area contributed by atoms with E-state index in [4.69, 9.17) is 10.00 Å². The third-order valence-corrected chi connectivity index (χ3v) is 4.19. The molecule has 1 aliphatic carbocycles. The van der Waals surface area contributed by atoms with Crippen molar-refractivity contribution in [2.75, 3.05) is 0 Å². The molecule has 2 rings (SSSR count). The number of rotatable bonds is 4. The molecule has 1 amide bonds. The van der Waals surface area contributed by atoms with Crippen molar-refractivity contribution < 1.29 is 14.3 Å². The molecule has 0 aromatic heterocycles. The lowest BCUT2D eigenvalue weighted by atomic mass is 9.83. The van der Waals surface area contributed by atoms with E-state index >= 15 is 0 Å². The molecule has 1 aromatic carbocycles. The van der Waals surface area contributed by atoms with E-state index in [0.29, 0.717) is 18.4 Å². The summed E-state index contributed by atoms with van der Waals surface area (Å²) >= 11 is 0. The Morgan fingerprint density at radius 1 is 1.17 bits per heavy atom. The Balaban J connectivity index is 1.96. The molecule has 1 fully saturated rings. The summed E-state index contributed by atoms with van der Waals surface area (Å²) in [7, 11) is 0. The number of nitrogens with zero attached hydrogens (tertiary/aromatic N) is 2. The van der Waals surface area contributed by atoms with E-state index in [-0.39, 0.29) is 5.56 Å². The van der Waals surface area contributed by atoms with E-state index in [2.05, 4.69) is 11.4 Å². The topological polar surface area (TPSA) is 103 Å². The van der Waals surface area contributed by atoms with Gasteiger partial charge in [-0.25, -0.2) is 4.79 Å². The molecule has 6 nitrogen and oxygen atoms in total. The Bertz CT molecular complexity index is 692. The van der Waals surface area contributed by atoms with Gasteiger partial charge in [0.05, 0.1) is 23.3 Å². The lowest BCUT2D eigenvalue weighted by Crippen LogP contribution is -2.52. The SMILES string of the molecule is C[C@@H](OC(=O)c1ccc(C#N)cc1)C(=O)NC1(C#N)CCCCC1. The summed E-state index contributed by atoms with van der Waals surface area (Å²) in [4.78, 5) is 24.3. The molecular formula is C18H19N3O3. The summed E-state index contributed by atoms with van der Waals surface area (Å²) in [5.74, 6) is -1.11. The van der Waals surface area contributed by atoms with Gasteiger partial charge in [0.2, 0.25) is 0 Å². The summed E-state index contributed by atoms with van der Waals surface area (Å²) < 4.78 is 5.16. The molecule has 0 bridgehead atoms. The van der Waals surface area contributed by atoms with Gasteiger partial charge in [0.1, 0.15) is 5.54 Å². The maximum Gasteiger partial charge on any atom is 0.338 e. The zero-order valence-corrected chi connectivity index (χ0v) is 13.5. The highest BCUT2D eigenvalue weighted by atomic mass is 16.5. The molecule has 1 N–H and O–H groups in total. The second-order valence-electron chi connectivity index (χ2n) is 5.98. The monoisotopic (exact) mass is 325 g/mol. The Kier molecular flexibility index (Phi) is 5.55. The molecule has 1 aliphatic rings. The fraction of sp³-hybridized carbons (Fsp3) is 0.444. The molecule has 6 heteroatoms. The van der Waals surface area contributed by atoms with Crippen molar-refractivity contribution in [2.24, 2.45) is 0 Å². The number of amides is 1. The first-order chi connectivity index (χ1) is 11.5. The average Bonchev–Trinajstić information content (AvgIpc) is 2.62. The van der Waals surface area contributed by atoms with Gasteiger partial charge in [-0.3, -0.25) is 4.79 Å². The highest BCUT2D eigenvalue weighted by molar-refractivity contribution is 5.92. The predicted molar refractivity (Wildman–Crippen MR) is 85.6 cm³/mol. The minimum atomic E-state index is -1.000. The molecule has 1 aromatic rings. The molecule has 0 saturated heterocycles. The van der Waals surface area contributed by atoms with Gasteiger partial charge in [-0.1, -0.05) is 19.3 Å². The first-order valence-corrected chi connectivity index (χ1v) is 7.94. The fourth-order valence-corrected chi connectivity index (χ4v) is 2.72. The third-order valence-electron chi connectivity index (χ3n) is 4.19. The second-order valence-corrected chi connectivity index (χ2v) is 5.98. The van der Waals surface area contributed by atoms with Gasteiger partial charge in [0.25, 0.3) is 5.91 Å². The summed E-state index contributed by atoms with van der Waals surface area (Å²) in [5, 5.41) is 20.9. The quantitative estimate of drug-likeness (QED) is 0.856. The summed E-state index contributed by atoms with van der Waals surface area (Å²) in [6.07, 6.45) is 3.08. The van der Waals surface area contributed by atoms with Gasteiger partial charge in [-0.2, -0.15) is 10.5 Å². The number of hydrogen-bond acceptors (Lipinski definition) is 5. The normalized spacial score (nSPS) is 17.0. The summed E-state index contributed by atoms with van der Waals surface area (Å²) in [6.45, 7) is 1.48. The van der Waals surface area contributed by atoms with Crippen LogP contribution in [0.15, 0.2) is 24.3 Å². The molecule has 0 spiro atoms. The fourth-order valence-electron chi connectivity index (χ4n) is 2.72. The molecule has 0 heterocycles. The van der Waals surface area contributed by atoms with Crippen LogP contribution in [0.5, 0.6) is 0 Å². The van der Waals surface area contributed by atoms with E-state index in [1.165, 1.54) is 31.2 Å². The molecule has 0 radical (unpaired) electrons. The van der Waals surface area contributed by atoms with Crippen LogP contribution in [-0.4, -0.2) is 23.5 Å². The van der Waals surface area contributed by atoms with Crippen LogP contribution >= 0.6 is 0 Å². The molecular weight excluding hydrogens is 306 g/mol. The molecule has 1 atom stereocenters. The van der Waals surface area contributed by atoms with Gasteiger partial charge in [-0.15, -0.1) is 0 Å². The summed E-state index contributed by atoms with van der Waals surface area (Å²) in [5.41, 5.74) is -0.156. The first kappa shape index (κ1) is 17.5. The van der Waals surface area contributed by atoms with E-state index in [1.54, 1.807) is 0 Å². The third kappa shape index (κ3) is 4.11. The second kappa shape index (κ2) is 7.61. The van der Waals surface area contributed by atoms with Crippen molar-refractivity contribution in [1.29, 1.82) is 10.5 Å². The van der Waals surface area contributed by atoms with Crippen molar-refractivity contribution in [3.63, 3.8) is 0 Å². The zero-order chi connectivity index (χ0) is 17.6. The number of nitriles is 2. The smallest absolute Gasteiger partial charge is 0.338 e. The number of carbonyl (C=O) groups excluding carboxylic acids is 2. The van der Waals surface area contributed by atoms with Crippen molar-refractivity contribution in [2.45, 2.75) is 50.7 Å². The van der Waals surface area contributed by atoms with Crippen LogP contribution in [0.2, 0.25) is 0 Å². The molecule has 24 heavy (non-hydrogen) atoms.